The topological polar surface area (TPSA) is 37.3 Å². The number of halogens is 1. The molecule has 0 saturated heterocycles. The van der Waals surface area contributed by atoms with Crippen molar-refractivity contribution >= 4 is 29.8 Å². The average Bonchev–Trinajstić information content (AvgIpc) is 1.86. The van der Waals surface area contributed by atoms with Crippen LogP contribution >= 0.6 is 11.6 Å². The zero-order valence-corrected chi connectivity index (χ0v) is 8.62. The first-order valence-corrected chi connectivity index (χ1v) is 7.86. The Morgan fingerprint density at radius 3 is 2.18 bits per heavy atom. The van der Waals surface area contributed by atoms with Crippen molar-refractivity contribution in [1.82, 2.24) is 0 Å². The summed E-state index contributed by atoms with van der Waals surface area (Å²) < 4.78 is 20.7. The summed E-state index contributed by atoms with van der Waals surface area (Å²) in [6.07, 6.45) is 0. The number of hydrogen-bond acceptors (Lipinski definition) is 1. The third kappa shape index (κ3) is 2.40. The minimum absolute atomic E-state index is 0.493. The van der Waals surface area contributed by atoms with Crippen LogP contribution < -0.4 is 4.35 Å². The predicted octanol–water partition coefficient (Wildman–Crippen LogP) is 1.04. The van der Waals surface area contributed by atoms with E-state index in [2.05, 4.69) is 0 Å². The van der Waals surface area contributed by atoms with Gasteiger partial charge < -0.3 is 0 Å². The summed E-state index contributed by atoms with van der Waals surface area (Å²) in [6, 6.07) is 6.40. The molecule has 1 N–H and O–H groups in total. The Hall–Kier alpha value is -0.172. The van der Waals surface area contributed by atoms with Crippen LogP contribution in [-0.4, -0.2) is 17.9 Å². The quantitative estimate of drug-likeness (QED) is 0.738. The van der Waals surface area contributed by atoms with Crippen LogP contribution in [0.4, 0.5) is 0 Å². The van der Waals surface area contributed by atoms with Gasteiger partial charge in [0.15, 0.2) is 0 Å². The summed E-state index contributed by atoms with van der Waals surface area (Å²) >= 11 is 1.91. The zero-order valence-electron chi connectivity index (χ0n) is 5.99. The van der Waals surface area contributed by atoms with Crippen LogP contribution in [0, 0.1) is 0 Å². The molecule has 11 heavy (non-hydrogen) atoms. The van der Waals surface area contributed by atoms with Crippen molar-refractivity contribution in [2.24, 2.45) is 0 Å². The molecule has 0 radical (unpaired) electrons. The molecule has 1 rings (SSSR count). The third-order valence-electron chi connectivity index (χ3n) is 1.31. The summed E-state index contributed by atoms with van der Waals surface area (Å²) in [4.78, 5) is 0. The molecule has 0 aromatic heterocycles. The predicted molar refractivity (Wildman–Crippen MR) is 45.6 cm³/mol. The van der Waals surface area contributed by atoms with Gasteiger partial charge >= 0.3 is 72.6 Å². The van der Waals surface area contributed by atoms with Gasteiger partial charge in [-0.2, -0.15) is 0 Å². The average molecular weight is 235 g/mol. The molecule has 1 aromatic rings. The molecular formula is C7H8AsClO2. The van der Waals surface area contributed by atoms with E-state index in [0.717, 1.165) is 0 Å². The molecule has 0 saturated carbocycles. The first-order valence-electron chi connectivity index (χ1n) is 3.06. The minimum atomic E-state index is -3.68. The second-order valence-corrected chi connectivity index (χ2v) is 7.56. The van der Waals surface area contributed by atoms with Crippen LogP contribution in [0.2, 0.25) is 10.7 Å². The van der Waals surface area contributed by atoms with Crippen LogP contribution in [0.3, 0.4) is 0 Å². The molecule has 0 fully saturated rings. The summed E-state index contributed by atoms with van der Waals surface area (Å²) in [5.74, 6) is 0. The van der Waals surface area contributed by atoms with E-state index in [9.17, 15) is 3.74 Å². The van der Waals surface area contributed by atoms with Crippen molar-refractivity contribution in [3.63, 3.8) is 0 Å². The molecule has 0 bridgehead atoms. The first kappa shape index (κ1) is 8.92. The van der Waals surface area contributed by atoms with E-state index < -0.39 is 13.8 Å². The van der Waals surface area contributed by atoms with Gasteiger partial charge in [0.1, 0.15) is 0 Å². The fourth-order valence-corrected chi connectivity index (χ4v) is 2.32. The van der Waals surface area contributed by atoms with E-state index >= 15 is 0 Å². The van der Waals surface area contributed by atoms with Crippen molar-refractivity contribution < 1.29 is 7.84 Å². The standard InChI is InChI=1S/C7H8AsClO2/c1-8(10,11)6-2-4-7(9)5-3-6/h2-5H,1H3,(H,10,11). The molecule has 60 valence electrons. The molecule has 0 spiro atoms. The van der Waals surface area contributed by atoms with Gasteiger partial charge in [0.25, 0.3) is 0 Å². The van der Waals surface area contributed by atoms with Crippen molar-refractivity contribution in [3.8, 4) is 0 Å². The first-order chi connectivity index (χ1) is 5.00. The number of rotatable bonds is 1. The summed E-state index contributed by atoms with van der Waals surface area (Å²) in [7, 11) is 0. The molecule has 0 aliphatic carbocycles. The molecule has 0 heterocycles. The molecule has 4 heteroatoms. The Balaban J connectivity index is 3.09. The van der Waals surface area contributed by atoms with E-state index in [1.165, 1.54) is 5.71 Å². The Morgan fingerprint density at radius 1 is 1.36 bits per heavy atom. The van der Waals surface area contributed by atoms with Crippen molar-refractivity contribution in [1.29, 1.82) is 0 Å². The van der Waals surface area contributed by atoms with Gasteiger partial charge in [-0.05, 0) is 0 Å². The van der Waals surface area contributed by atoms with Gasteiger partial charge in [-0.3, -0.25) is 0 Å². The van der Waals surface area contributed by atoms with E-state index in [-0.39, 0.29) is 0 Å². The number of benzene rings is 1. The fraction of sp³-hybridized carbons (Fsp3) is 0.143. The van der Waals surface area contributed by atoms with Gasteiger partial charge in [0.2, 0.25) is 0 Å². The molecule has 1 aromatic carbocycles. The molecule has 2 nitrogen and oxygen atoms in total. The van der Waals surface area contributed by atoms with Crippen molar-refractivity contribution in [3.05, 3.63) is 29.3 Å². The third-order valence-corrected chi connectivity index (χ3v) is 4.19. The molecule has 1 atom stereocenters. The Morgan fingerprint density at radius 2 is 1.82 bits per heavy atom. The van der Waals surface area contributed by atoms with Crippen molar-refractivity contribution in [2.75, 3.05) is 0 Å². The SMILES string of the molecule is C[As](=O)(O)c1ccc(Cl)cc1. The molecule has 0 aliphatic rings. The maximum absolute atomic E-state index is 11.1. The van der Waals surface area contributed by atoms with E-state index in [4.69, 9.17) is 15.7 Å². The fourth-order valence-electron chi connectivity index (χ4n) is 0.718. The van der Waals surface area contributed by atoms with Crippen LogP contribution in [0.15, 0.2) is 24.3 Å². The van der Waals surface area contributed by atoms with Crippen LogP contribution in [0.25, 0.3) is 0 Å². The van der Waals surface area contributed by atoms with Crippen molar-refractivity contribution in [2.45, 2.75) is 5.71 Å². The van der Waals surface area contributed by atoms with E-state index in [1.807, 2.05) is 0 Å². The Kier molecular flexibility index (Phi) is 2.48. The maximum atomic E-state index is 11.1. The molecular weight excluding hydrogens is 226 g/mol. The van der Waals surface area contributed by atoms with E-state index in [1.54, 1.807) is 24.3 Å². The molecule has 0 aliphatic heterocycles. The molecule has 1 unspecified atom stereocenters. The second kappa shape index (κ2) is 3.06. The summed E-state index contributed by atoms with van der Waals surface area (Å²) in [6.45, 7) is 0. The van der Waals surface area contributed by atoms with Gasteiger partial charge in [-0.25, -0.2) is 0 Å². The Labute approximate surface area is 72.8 Å². The molecule has 0 amide bonds. The van der Waals surface area contributed by atoms with Gasteiger partial charge in [-0.1, -0.05) is 0 Å². The van der Waals surface area contributed by atoms with E-state index in [0.29, 0.717) is 9.37 Å². The number of hydrogen-bond donors (Lipinski definition) is 1. The van der Waals surface area contributed by atoms with Crippen LogP contribution in [-0.2, 0) is 3.74 Å². The van der Waals surface area contributed by atoms with Crippen LogP contribution in [0.1, 0.15) is 0 Å². The zero-order chi connectivity index (χ0) is 8.48. The van der Waals surface area contributed by atoms with Gasteiger partial charge in [0, 0.05) is 0 Å². The van der Waals surface area contributed by atoms with Crippen LogP contribution in [0.5, 0.6) is 0 Å². The summed E-state index contributed by atoms with van der Waals surface area (Å²) in [5.41, 5.74) is 1.36. The Bertz CT molecular complexity index is 288. The second-order valence-electron chi connectivity index (χ2n) is 2.36. The monoisotopic (exact) mass is 234 g/mol. The van der Waals surface area contributed by atoms with Gasteiger partial charge in [-0.15, -0.1) is 0 Å². The normalized spacial score (nSPS) is 15.9. The summed E-state index contributed by atoms with van der Waals surface area (Å²) in [5, 5.41) is 0.581. The van der Waals surface area contributed by atoms with Gasteiger partial charge in [0.05, 0.1) is 0 Å².